The molecule has 0 radical (unpaired) electrons. The number of urea groups is 1. The molecule has 6 heteroatoms. The third-order valence-electron chi connectivity index (χ3n) is 3.38. The van der Waals surface area contributed by atoms with Crippen molar-refractivity contribution in [2.24, 2.45) is 0 Å². The smallest absolute Gasteiger partial charge is 0.314 e. The summed E-state index contributed by atoms with van der Waals surface area (Å²) in [5.41, 5.74) is 0.832. The molecule has 1 heterocycles. The van der Waals surface area contributed by atoms with Crippen LogP contribution in [0.15, 0.2) is 47.2 Å². The van der Waals surface area contributed by atoms with E-state index in [0.29, 0.717) is 19.8 Å². The van der Waals surface area contributed by atoms with Gasteiger partial charge in [0.15, 0.2) is 0 Å². The molecule has 1 aromatic heterocycles. The molecule has 1 atom stereocenters. The van der Waals surface area contributed by atoms with Gasteiger partial charge in [-0.05, 0) is 34.9 Å². The standard InChI is InChI=1S/C17H22N2O3S/c1-17(21,15-7-10-23-12-15)13-19-16(20)18-8-9-22-11-14-5-3-2-4-6-14/h2-7,10,12,21H,8-9,11,13H2,1H3,(H2,18,19,20). The van der Waals surface area contributed by atoms with Crippen LogP contribution in [0.2, 0.25) is 0 Å². The Bertz CT molecular complexity index is 585. The van der Waals surface area contributed by atoms with Gasteiger partial charge in [0, 0.05) is 6.54 Å². The highest BCUT2D eigenvalue weighted by Crippen LogP contribution is 2.21. The number of benzene rings is 1. The minimum absolute atomic E-state index is 0.153. The second-order valence-electron chi connectivity index (χ2n) is 5.43. The molecule has 0 spiro atoms. The summed E-state index contributed by atoms with van der Waals surface area (Å²) in [6.07, 6.45) is 0. The summed E-state index contributed by atoms with van der Waals surface area (Å²) in [5.74, 6) is 0. The Morgan fingerprint density at radius 2 is 2.04 bits per heavy atom. The molecular formula is C17H22N2O3S. The van der Waals surface area contributed by atoms with Gasteiger partial charge in [-0.25, -0.2) is 4.79 Å². The van der Waals surface area contributed by atoms with Crippen LogP contribution in [0.1, 0.15) is 18.1 Å². The Kier molecular flexibility index (Phi) is 6.58. The first-order valence-corrected chi connectivity index (χ1v) is 8.40. The van der Waals surface area contributed by atoms with Gasteiger partial charge in [-0.15, -0.1) is 0 Å². The molecule has 0 aliphatic rings. The number of nitrogens with one attached hydrogen (secondary N) is 2. The summed E-state index contributed by atoms with van der Waals surface area (Å²) in [5, 5.41) is 19.4. The lowest BCUT2D eigenvalue weighted by molar-refractivity contribution is 0.0596. The van der Waals surface area contributed by atoms with Gasteiger partial charge in [-0.1, -0.05) is 30.3 Å². The van der Waals surface area contributed by atoms with E-state index in [9.17, 15) is 9.90 Å². The van der Waals surface area contributed by atoms with Gasteiger partial charge < -0.3 is 20.5 Å². The average molecular weight is 334 g/mol. The number of amides is 2. The van der Waals surface area contributed by atoms with Gasteiger partial charge in [-0.2, -0.15) is 11.3 Å². The predicted molar refractivity (Wildman–Crippen MR) is 91.4 cm³/mol. The molecule has 5 nitrogen and oxygen atoms in total. The first kappa shape index (κ1) is 17.5. The van der Waals surface area contributed by atoms with Crippen LogP contribution in [0.25, 0.3) is 0 Å². The van der Waals surface area contributed by atoms with Crippen molar-refractivity contribution >= 4 is 17.4 Å². The Morgan fingerprint density at radius 3 is 2.74 bits per heavy atom. The summed E-state index contributed by atoms with van der Waals surface area (Å²) in [7, 11) is 0. The second kappa shape index (κ2) is 8.67. The fraction of sp³-hybridized carbons (Fsp3) is 0.353. The average Bonchev–Trinajstić information content (AvgIpc) is 3.09. The summed E-state index contributed by atoms with van der Waals surface area (Å²) in [6.45, 7) is 3.21. The monoisotopic (exact) mass is 334 g/mol. The van der Waals surface area contributed by atoms with Gasteiger partial charge >= 0.3 is 6.03 Å². The number of ether oxygens (including phenoxy) is 1. The molecule has 0 saturated carbocycles. The first-order valence-electron chi connectivity index (χ1n) is 7.46. The van der Waals surface area contributed by atoms with Crippen molar-refractivity contribution < 1.29 is 14.6 Å². The van der Waals surface area contributed by atoms with Crippen LogP contribution in [0, 0.1) is 0 Å². The highest BCUT2D eigenvalue weighted by atomic mass is 32.1. The number of hydrogen-bond acceptors (Lipinski definition) is 4. The lowest BCUT2D eigenvalue weighted by Crippen LogP contribution is -2.44. The van der Waals surface area contributed by atoms with Crippen molar-refractivity contribution in [2.45, 2.75) is 19.1 Å². The van der Waals surface area contributed by atoms with Gasteiger partial charge in [0.05, 0.1) is 19.8 Å². The fourth-order valence-electron chi connectivity index (χ4n) is 1.99. The lowest BCUT2D eigenvalue weighted by Gasteiger charge is -2.22. The van der Waals surface area contributed by atoms with E-state index in [0.717, 1.165) is 11.1 Å². The van der Waals surface area contributed by atoms with Crippen molar-refractivity contribution in [1.82, 2.24) is 10.6 Å². The van der Waals surface area contributed by atoms with Gasteiger partial charge in [0.25, 0.3) is 0 Å². The van der Waals surface area contributed by atoms with Gasteiger partial charge in [0.1, 0.15) is 5.60 Å². The molecule has 0 fully saturated rings. The zero-order chi connectivity index (χ0) is 16.5. The number of rotatable bonds is 8. The molecule has 124 valence electrons. The Morgan fingerprint density at radius 1 is 1.26 bits per heavy atom. The van der Waals surface area contributed by atoms with E-state index in [1.807, 2.05) is 47.2 Å². The molecule has 2 aromatic rings. The quantitative estimate of drug-likeness (QED) is 0.650. The summed E-state index contributed by atoms with van der Waals surface area (Å²) in [6, 6.07) is 11.4. The maximum absolute atomic E-state index is 11.7. The van der Waals surface area contributed by atoms with E-state index >= 15 is 0 Å². The molecule has 1 aromatic carbocycles. The fourth-order valence-corrected chi connectivity index (χ4v) is 2.77. The van der Waals surface area contributed by atoms with Gasteiger partial charge in [0.2, 0.25) is 0 Å². The third kappa shape index (κ3) is 6.02. The van der Waals surface area contributed by atoms with Crippen molar-refractivity contribution in [3.8, 4) is 0 Å². The van der Waals surface area contributed by atoms with E-state index in [2.05, 4.69) is 10.6 Å². The van der Waals surface area contributed by atoms with Crippen LogP contribution in [0.4, 0.5) is 4.79 Å². The number of aliphatic hydroxyl groups is 1. The lowest BCUT2D eigenvalue weighted by atomic mass is 9.99. The molecule has 0 saturated heterocycles. The van der Waals surface area contributed by atoms with Crippen molar-refractivity contribution in [2.75, 3.05) is 19.7 Å². The van der Waals surface area contributed by atoms with Crippen LogP contribution >= 0.6 is 11.3 Å². The zero-order valence-electron chi connectivity index (χ0n) is 13.1. The Hall–Kier alpha value is -1.89. The van der Waals surface area contributed by atoms with Crippen LogP contribution < -0.4 is 10.6 Å². The third-order valence-corrected chi connectivity index (χ3v) is 4.06. The topological polar surface area (TPSA) is 70.6 Å². The summed E-state index contributed by atoms with van der Waals surface area (Å²) >= 11 is 1.51. The second-order valence-corrected chi connectivity index (χ2v) is 6.21. The van der Waals surface area contributed by atoms with E-state index in [-0.39, 0.29) is 12.6 Å². The number of hydrogen-bond donors (Lipinski definition) is 3. The number of carbonyl (C=O) groups is 1. The maximum Gasteiger partial charge on any atom is 0.314 e. The Balaban J connectivity index is 1.58. The SMILES string of the molecule is CC(O)(CNC(=O)NCCOCc1ccccc1)c1ccsc1. The van der Waals surface area contributed by atoms with E-state index < -0.39 is 5.60 Å². The maximum atomic E-state index is 11.7. The number of carbonyl (C=O) groups excluding carboxylic acids is 1. The zero-order valence-corrected chi connectivity index (χ0v) is 13.9. The number of thiophene rings is 1. The molecule has 23 heavy (non-hydrogen) atoms. The largest absolute Gasteiger partial charge is 0.384 e. The van der Waals surface area contributed by atoms with Gasteiger partial charge in [-0.3, -0.25) is 0 Å². The summed E-state index contributed by atoms with van der Waals surface area (Å²) < 4.78 is 5.48. The van der Waals surface area contributed by atoms with Crippen molar-refractivity contribution in [1.29, 1.82) is 0 Å². The summed E-state index contributed by atoms with van der Waals surface area (Å²) in [4.78, 5) is 11.7. The van der Waals surface area contributed by atoms with Crippen molar-refractivity contribution in [3.05, 3.63) is 58.3 Å². The minimum Gasteiger partial charge on any atom is -0.384 e. The normalized spacial score (nSPS) is 13.3. The highest BCUT2D eigenvalue weighted by molar-refractivity contribution is 7.08. The predicted octanol–water partition coefficient (Wildman–Crippen LogP) is 2.47. The van der Waals surface area contributed by atoms with Crippen LogP contribution in [-0.4, -0.2) is 30.8 Å². The van der Waals surface area contributed by atoms with Crippen molar-refractivity contribution in [3.63, 3.8) is 0 Å². The van der Waals surface area contributed by atoms with Crippen LogP contribution in [0.3, 0.4) is 0 Å². The molecule has 0 aliphatic carbocycles. The molecule has 2 rings (SSSR count). The highest BCUT2D eigenvalue weighted by Gasteiger charge is 2.23. The van der Waals surface area contributed by atoms with E-state index in [1.54, 1.807) is 6.92 Å². The van der Waals surface area contributed by atoms with E-state index in [4.69, 9.17) is 4.74 Å². The van der Waals surface area contributed by atoms with Crippen LogP contribution in [-0.2, 0) is 16.9 Å². The first-order chi connectivity index (χ1) is 11.1. The molecule has 3 N–H and O–H groups in total. The molecule has 0 aliphatic heterocycles. The van der Waals surface area contributed by atoms with E-state index in [1.165, 1.54) is 11.3 Å². The molecule has 2 amide bonds. The Labute approximate surface area is 140 Å². The molecular weight excluding hydrogens is 312 g/mol. The van der Waals surface area contributed by atoms with Crippen LogP contribution in [0.5, 0.6) is 0 Å². The molecule has 1 unspecified atom stereocenters. The molecule has 0 bridgehead atoms. The minimum atomic E-state index is -1.07.